The van der Waals surface area contributed by atoms with Gasteiger partial charge in [0.1, 0.15) is 11.2 Å². The SMILES string of the molecule is Cc1ccc(-c2c3n(c(=O)c4ncccc24)CCCCN(Cc2cc(C(F)(F)F)cc(C(F)(F)F)c2)C3=O)cc1. The maximum atomic E-state index is 14.1. The lowest BCUT2D eigenvalue weighted by Crippen LogP contribution is -2.39. The van der Waals surface area contributed by atoms with Gasteiger partial charge in [-0.2, -0.15) is 26.3 Å². The van der Waals surface area contributed by atoms with Gasteiger partial charge in [0.2, 0.25) is 0 Å². The molecule has 40 heavy (non-hydrogen) atoms. The molecule has 4 aromatic rings. The molecule has 5 rings (SSSR count). The molecule has 0 aliphatic carbocycles. The predicted molar refractivity (Wildman–Crippen MR) is 137 cm³/mol. The Kier molecular flexibility index (Phi) is 6.93. The zero-order chi connectivity index (χ0) is 28.8. The fourth-order valence-electron chi connectivity index (χ4n) is 5.02. The minimum atomic E-state index is -5.01. The average molecular weight is 560 g/mol. The van der Waals surface area contributed by atoms with Crippen molar-refractivity contribution >= 4 is 16.8 Å². The fraction of sp³-hybridized carbons (Fsp3) is 0.276. The van der Waals surface area contributed by atoms with Gasteiger partial charge in [0.05, 0.1) is 11.1 Å². The lowest BCUT2D eigenvalue weighted by Gasteiger charge is -2.29. The largest absolute Gasteiger partial charge is 0.416 e. The van der Waals surface area contributed by atoms with Gasteiger partial charge in [-0.25, -0.2) is 0 Å². The predicted octanol–water partition coefficient (Wildman–Crippen LogP) is 6.85. The quantitative estimate of drug-likeness (QED) is 0.258. The highest BCUT2D eigenvalue weighted by Gasteiger charge is 2.37. The number of carbonyl (C=O) groups is 1. The van der Waals surface area contributed by atoms with Crippen molar-refractivity contribution in [3.05, 3.63) is 99.1 Å². The number of hydrogen-bond donors (Lipinski definition) is 0. The molecular weight excluding hydrogens is 536 g/mol. The first-order valence-corrected chi connectivity index (χ1v) is 12.5. The maximum Gasteiger partial charge on any atom is 0.416 e. The highest BCUT2D eigenvalue weighted by molar-refractivity contribution is 6.07. The first-order valence-electron chi connectivity index (χ1n) is 12.5. The Morgan fingerprint density at radius 2 is 1.48 bits per heavy atom. The van der Waals surface area contributed by atoms with Crippen LogP contribution in [0.25, 0.3) is 22.0 Å². The molecule has 208 valence electrons. The van der Waals surface area contributed by atoms with E-state index in [9.17, 15) is 35.9 Å². The second kappa shape index (κ2) is 10.1. The van der Waals surface area contributed by atoms with Crippen LogP contribution in [0.15, 0.2) is 65.6 Å². The highest BCUT2D eigenvalue weighted by Crippen LogP contribution is 2.37. The molecule has 0 unspecified atom stereocenters. The first kappa shape index (κ1) is 27.4. The van der Waals surface area contributed by atoms with Crippen molar-refractivity contribution < 1.29 is 31.1 Å². The summed E-state index contributed by atoms with van der Waals surface area (Å²) in [6, 6.07) is 11.9. The molecule has 0 N–H and O–H groups in total. The minimum Gasteiger partial charge on any atom is -0.333 e. The van der Waals surface area contributed by atoms with Crippen LogP contribution in [0.1, 0.15) is 45.6 Å². The van der Waals surface area contributed by atoms with Crippen LogP contribution < -0.4 is 5.56 Å². The van der Waals surface area contributed by atoms with Crippen LogP contribution >= 0.6 is 0 Å². The molecule has 0 saturated carbocycles. The third-order valence-electron chi connectivity index (χ3n) is 6.94. The molecule has 3 heterocycles. The van der Waals surface area contributed by atoms with Crippen molar-refractivity contribution in [2.24, 2.45) is 0 Å². The van der Waals surface area contributed by atoms with Gasteiger partial charge < -0.3 is 9.47 Å². The Bertz CT molecular complexity index is 1620. The summed E-state index contributed by atoms with van der Waals surface area (Å²) in [5, 5.41) is 0.426. The Morgan fingerprint density at radius 1 is 0.850 bits per heavy atom. The van der Waals surface area contributed by atoms with Crippen molar-refractivity contribution in [3.8, 4) is 11.1 Å². The summed E-state index contributed by atoms with van der Waals surface area (Å²) in [5.74, 6) is -0.663. The Morgan fingerprint density at radius 3 is 2.10 bits per heavy atom. The monoisotopic (exact) mass is 559 g/mol. The second-order valence-corrected chi connectivity index (χ2v) is 9.79. The van der Waals surface area contributed by atoms with Gasteiger partial charge in [0.15, 0.2) is 0 Å². The molecule has 0 atom stereocenters. The van der Waals surface area contributed by atoms with E-state index in [1.807, 2.05) is 19.1 Å². The average Bonchev–Trinajstić information content (AvgIpc) is 2.89. The minimum absolute atomic E-state index is 0.0251. The summed E-state index contributed by atoms with van der Waals surface area (Å²) < 4.78 is 82.2. The number of hydrogen-bond acceptors (Lipinski definition) is 3. The van der Waals surface area contributed by atoms with Gasteiger partial charge in [-0.1, -0.05) is 35.9 Å². The van der Waals surface area contributed by atoms with Gasteiger partial charge in [0.25, 0.3) is 11.5 Å². The molecule has 0 bridgehead atoms. The van der Waals surface area contributed by atoms with E-state index in [1.165, 1.54) is 15.7 Å². The van der Waals surface area contributed by atoms with Crippen molar-refractivity contribution in [2.45, 2.75) is 45.2 Å². The number of aromatic nitrogens is 2. The van der Waals surface area contributed by atoms with Crippen molar-refractivity contribution in [1.82, 2.24) is 14.5 Å². The van der Waals surface area contributed by atoms with Crippen molar-refractivity contribution in [1.29, 1.82) is 0 Å². The van der Waals surface area contributed by atoms with Crippen LogP contribution in [0, 0.1) is 6.92 Å². The number of pyridine rings is 2. The number of nitrogens with zero attached hydrogens (tertiary/aromatic N) is 3. The molecule has 1 amide bonds. The molecule has 0 radical (unpaired) electrons. The molecule has 2 aromatic heterocycles. The van der Waals surface area contributed by atoms with E-state index >= 15 is 0 Å². The molecule has 0 fully saturated rings. The topological polar surface area (TPSA) is 55.2 Å². The van der Waals surface area contributed by atoms with Crippen molar-refractivity contribution in [3.63, 3.8) is 0 Å². The van der Waals surface area contributed by atoms with E-state index in [-0.39, 0.29) is 35.9 Å². The molecule has 11 heteroatoms. The molecule has 2 aromatic carbocycles. The number of benzene rings is 2. The van der Waals surface area contributed by atoms with Crippen LogP contribution in [-0.2, 0) is 25.4 Å². The number of amides is 1. The number of fused-ring (bicyclic) bond motifs is 2. The van der Waals surface area contributed by atoms with E-state index in [1.54, 1.807) is 24.3 Å². The maximum absolute atomic E-state index is 14.1. The Labute approximate surface area is 224 Å². The van der Waals surface area contributed by atoms with Gasteiger partial charge >= 0.3 is 12.4 Å². The van der Waals surface area contributed by atoms with Crippen LogP contribution in [0.4, 0.5) is 26.3 Å². The summed E-state index contributed by atoms with van der Waals surface area (Å²) in [4.78, 5) is 33.1. The van der Waals surface area contributed by atoms with E-state index < -0.39 is 41.5 Å². The molecule has 0 spiro atoms. The van der Waals surface area contributed by atoms with Gasteiger partial charge in [0, 0.05) is 36.8 Å². The van der Waals surface area contributed by atoms with Gasteiger partial charge in [-0.3, -0.25) is 14.6 Å². The summed E-state index contributed by atoms with van der Waals surface area (Å²) in [5.41, 5.74) is -1.51. The number of aryl methyl sites for hydroxylation is 1. The summed E-state index contributed by atoms with van der Waals surface area (Å²) in [7, 11) is 0. The van der Waals surface area contributed by atoms with Crippen LogP contribution in [-0.4, -0.2) is 26.9 Å². The smallest absolute Gasteiger partial charge is 0.333 e. The number of carbonyl (C=O) groups excluding carboxylic acids is 1. The third-order valence-corrected chi connectivity index (χ3v) is 6.94. The fourth-order valence-corrected chi connectivity index (χ4v) is 5.02. The lowest BCUT2D eigenvalue weighted by molar-refractivity contribution is -0.143. The van der Waals surface area contributed by atoms with E-state index in [2.05, 4.69) is 4.98 Å². The second-order valence-electron chi connectivity index (χ2n) is 9.79. The zero-order valence-corrected chi connectivity index (χ0v) is 21.2. The number of halogens is 6. The summed E-state index contributed by atoms with van der Waals surface area (Å²) in [6.45, 7) is 1.68. The van der Waals surface area contributed by atoms with E-state index in [4.69, 9.17) is 0 Å². The highest BCUT2D eigenvalue weighted by atomic mass is 19.4. The Hall–Kier alpha value is -4.15. The first-order chi connectivity index (χ1) is 18.8. The summed E-state index contributed by atoms with van der Waals surface area (Å²) in [6.07, 6.45) is -7.71. The molecular formula is C29H23F6N3O2. The normalized spacial score (nSPS) is 14.7. The number of rotatable bonds is 3. The van der Waals surface area contributed by atoms with Gasteiger partial charge in [-0.05, 0) is 55.2 Å². The lowest BCUT2D eigenvalue weighted by atomic mass is 9.96. The molecule has 1 aliphatic heterocycles. The zero-order valence-electron chi connectivity index (χ0n) is 21.2. The van der Waals surface area contributed by atoms with Crippen LogP contribution in [0.5, 0.6) is 0 Å². The van der Waals surface area contributed by atoms with Crippen LogP contribution in [0.2, 0.25) is 0 Å². The molecule has 5 nitrogen and oxygen atoms in total. The van der Waals surface area contributed by atoms with Gasteiger partial charge in [-0.15, -0.1) is 0 Å². The number of alkyl halides is 6. The van der Waals surface area contributed by atoms with Crippen molar-refractivity contribution in [2.75, 3.05) is 6.54 Å². The van der Waals surface area contributed by atoms with E-state index in [0.29, 0.717) is 41.5 Å². The molecule has 0 saturated heterocycles. The Balaban J connectivity index is 1.69. The summed E-state index contributed by atoms with van der Waals surface area (Å²) >= 11 is 0. The standard InChI is InChI=1S/C29H23F6N3O2/c1-17-6-8-19(9-7-17)23-22-5-4-10-36-24(22)26(39)38-12-3-2-11-37(27(40)25(23)38)16-18-13-20(28(30,31)32)15-21(14-18)29(33,34)35/h4-10,13-15H,2-3,11-12,16H2,1H3. The van der Waals surface area contributed by atoms with Crippen LogP contribution in [0.3, 0.4) is 0 Å². The van der Waals surface area contributed by atoms with E-state index in [0.717, 1.165) is 5.56 Å². The molecule has 1 aliphatic rings. The third kappa shape index (κ3) is 5.20.